The average molecular weight is 255 g/mol. The first-order valence-electron chi connectivity index (χ1n) is 7.02. The topological polar surface area (TPSA) is 25.2 Å². The van der Waals surface area contributed by atoms with Gasteiger partial charge in [0.15, 0.2) is 0 Å². The average Bonchev–Trinajstić information content (AvgIpc) is 2.89. The Bertz CT molecular complexity index is 564. The lowest BCUT2D eigenvalue weighted by Crippen LogP contribution is -1.98. The second kappa shape index (κ2) is 4.76. The molecule has 0 spiro atoms. The molecule has 1 saturated carbocycles. The van der Waals surface area contributed by atoms with Crippen LogP contribution in [-0.2, 0) is 6.54 Å². The van der Waals surface area contributed by atoms with Crippen LogP contribution in [0.2, 0.25) is 0 Å². The zero-order chi connectivity index (χ0) is 13.4. The van der Waals surface area contributed by atoms with Crippen LogP contribution in [-0.4, -0.2) is 0 Å². The van der Waals surface area contributed by atoms with E-state index in [1.54, 1.807) is 0 Å². The summed E-state index contributed by atoms with van der Waals surface area (Å²) in [4.78, 5) is 0. The molecule has 2 nitrogen and oxygen atoms in total. The van der Waals surface area contributed by atoms with Gasteiger partial charge in [0.25, 0.3) is 0 Å². The van der Waals surface area contributed by atoms with E-state index in [4.69, 9.17) is 4.42 Å². The Morgan fingerprint density at radius 2 is 1.84 bits per heavy atom. The molecule has 2 unspecified atom stereocenters. The van der Waals surface area contributed by atoms with Gasteiger partial charge in [0.1, 0.15) is 11.5 Å². The van der Waals surface area contributed by atoms with Crippen molar-refractivity contribution in [3.05, 3.63) is 53.0 Å². The van der Waals surface area contributed by atoms with E-state index >= 15 is 0 Å². The van der Waals surface area contributed by atoms with E-state index in [2.05, 4.69) is 56.4 Å². The van der Waals surface area contributed by atoms with Crippen molar-refractivity contribution in [2.24, 2.45) is 5.92 Å². The molecule has 1 N–H and O–H groups in total. The lowest BCUT2D eigenvalue weighted by atomic mass is 10.1. The minimum absolute atomic E-state index is 0.662. The molecule has 2 atom stereocenters. The molecule has 0 aliphatic heterocycles. The number of rotatable bonds is 4. The van der Waals surface area contributed by atoms with Crippen molar-refractivity contribution < 1.29 is 4.42 Å². The number of nitrogens with one attached hydrogen (secondary N) is 1. The highest BCUT2D eigenvalue weighted by Gasteiger charge is 2.36. The van der Waals surface area contributed by atoms with Crippen molar-refractivity contribution in [1.82, 2.24) is 0 Å². The van der Waals surface area contributed by atoms with Crippen molar-refractivity contribution >= 4 is 5.69 Å². The summed E-state index contributed by atoms with van der Waals surface area (Å²) in [6.07, 6.45) is 1.28. The maximum atomic E-state index is 5.90. The third kappa shape index (κ3) is 2.83. The van der Waals surface area contributed by atoms with Gasteiger partial charge in [-0.15, -0.1) is 0 Å². The van der Waals surface area contributed by atoms with Gasteiger partial charge < -0.3 is 9.73 Å². The molecule has 3 rings (SSSR count). The van der Waals surface area contributed by atoms with Crippen LogP contribution in [0.4, 0.5) is 5.69 Å². The largest absolute Gasteiger partial charge is 0.464 e. The molecule has 1 aliphatic rings. The van der Waals surface area contributed by atoms with E-state index in [0.717, 1.165) is 29.7 Å². The van der Waals surface area contributed by atoms with Crippen molar-refractivity contribution in [1.29, 1.82) is 0 Å². The predicted octanol–water partition coefficient (Wildman–Crippen LogP) is 4.63. The van der Waals surface area contributed by atoms with Gasteiger partial charge in [-0.3, -0.25) is 0 Å². The van der Waals surface area contributed by atoms with Crippen LogP contribution >= 0.6 is 0 Å². The Morgan fingerprint density at radius 1 is 1.16 bits per heavy atom. The molecule has 1 heterocycles. The third-order valence-electron chi connectivity index (χ3n) is 3.85. The van der Waals surface area contributed by atoms with Crippen molar-refractivity contribution in [2.75, 3.05) is 5.32 Å². The molecule has 0 radical (unpaired) electrons. The van der Waals surface area contributed by atoms with Crippen molar-refractivity contribution in [3.8, 4) is 0 Å². The van der Waals surface area contributed by atoms with Crippen molar-refractivity contribution in [3.63, 3.8) is 0 Å². The quantitative estimate of drug-likeness (QED) is 0.861. The van der Waals surface area contributed by atoms with Gasteiger partial charge in [-0.2, -0.15) is 0 Å². The number of aryl methyl sites for hydroxylation is 2. The Balaban J connectivity index is 1.64. The minimum Gasteiger partial charge on any atom is -0.464 e. The lowest BCUT2D eigenvalue weighted by molar-refractivity contribution is 0.468. The fourth-order valence-corrected chi connectivity index (χ4v) is 2.67. The van der Waals surface area contributed by atoms with Gasteiger partial charge in [-0.25, -0.2) is 0 Å². The third-order valence-corrected chi connectivity index (χ3v) is 3.85. The molecular weight excluding hydrogens is 234 g/mol. The molecule has 2 heteroatoms. The molecule has 100 valence electrons. The molecule has 1 aliphatic carbocycles. The van der Waals surface area contributed by atoms with E-state index in [0.29, 0.717) is 5.92 Å². The van der Waals surface area contributed by atoms with Gasteiger partial charge in [0, 0.05) is 11.6 Å². The van der Waals surface area contributed by atoms with Gasteiger partial charge in [-0.05, 0) is 61.6 Å². The summed E-state index contributed by atoms with van der Waals surface area (Å²) >= 11 is 0. The van der Waals surface area contributed by atoms with Crippen LogP contribution in [0.25, 0.3) is 0 Å². The first kappa shape index (κ1) is 12.3. The Kier molecular flexibility index (Phi) is 3.09. The maximum absolute atomic E-state index is 5.90. The van der Waals surface area contributed by atoms with Gasteiger partial charge in [0.05, 0.1) is 6.54 Å². The Morgan fingerprint density at radius 3 is 2.47 bits per heavy atom. The highest BCUT2D eigenvalue weighted by molar-refractivity contribution is 5.48. The van der Waals surface area contributed by atoms with E-state index in [1.165, 1.54) is 17.5 Å². The summed E-state index contributed by atoms with van der Waals surface area (Å²) in [6.45, 7) is 7.28. The van der Waals surface area contributed by atoms with Gasteiger partial charge in [0.2, 0.25) is 0 Å². The molecule has 0 amide bonds. The van der Waals surface area contributed by atoms with Crippen LogP contribution in [0.3, 0.4) is 0 Å². The number of anilines is 1. The second-order valence-electron chi connectivity index (χ2n) is 5.85. The van der Waals surface area contributed by atoms with Crippen LogP contribution in [0, 0.1) is 19.8 Å². The first-order chi connectivity index (χ1) is 9.11. The summed E-state index contributed by atoms with van der Waals surface area (Å²) in [6, 6.07) is 10.7. The van der Waals surface area contributed by atoms with Gasteiger partial charge in [-0.1, -0.05) is 13.0 Å². The number of hydrogen-bond acceptors (Lipinski definition) is 2. The highest BCUT2D eigenvalue weighted by Crippen LogP contribution is 2.47. The molecule has 1 aromatic carbocycles. The predicted molar refractivity (Wildman–Crippen MR) is 78.5 cm³/mol. The van der Waals surface area contributed by atoms with Crippen LogP contribution in [0.1, 0.15) is 41.9 Å². The first-order valence-corrected chi connectivity index (χ1v) is 7.02. The van der Waals surface area contributed by atoms with E-state index in [1.807, 2.05) is 0 Å². The smallest absolute Gasteiger partial charge is 0.123 e. The lowest BCUT2D eigenvalue weighted by Gasteiger charge is -2.07. The highest BCUT2D eigenvalue weighted by atomic mass is 16.3. The molecule has 0 saturated heterocycles. The zero-order valence-corrected chi connectivity index (χ0v) is 11.9. The SMILES string of the molecule is Cc1cc(C)cc(NCc2ccc(C3CC3C)o2)c1. The Hall–Kier alpha value is -1.70. The molecule has 1 fully saturated rings. The molecular formula is C17H21NO. The van der Waals surface area contributed by atoms with Gasteiger partial charge >= 0.3 is 0 Å². The fraction of sp³-hybridized carbons (Fsp3) is 0.412. The van der Waals surface area contributed by atoms with Crippen LogP contribution < -0.4 is 5.32 Å². The summed E-state index contributed by atoms with van der Waals surface area (Å²) in [5, 5.41) is 3.43. The number of hydrogen-bond donors (Lipinski definition) is 1. The Labute approximate surface area is 114 Å². The van der Waals surface area contributed by atoms with E-state index in [-0.39, 0.29) is 0 Å². The van der Waals surface area contributed by atoms with E-state index in [9.17, 15) is 0 Å². The van der Waals surface area contributed by atoms with Crippen LogP contribution in [0.5, 0.6) is 0 Å². The molecule has 0 bridgehead atoms. The molecule has 1 aromatic heterocycles. The molecule has 2 aromatic rings. The second-order valence-corrected chi connectivity index (χ2v) is 5.85. The van der Waals surface area contributed by atoms with Crippen LogP contribution in [0.15, 0.2) is 34.7 Å². The monoisotopic (exact) mass is 255 g/mol. The fourth-order valence-electron chi connectivity index (χ4n) is 2.67. The summed E-state index contributed by atoms with van der Waals surface area (Å²) in [5.41, 5.74) is 3.74. The zero-order valence-electron chi connectivity index (χ0n) is 11.9. The van der Waals surface area contributed by atoms with E-state index < -0.39 is 0 Å². The molecule has 19 heavy (non-hydrogen) atoms. The summed E-state index contributed by atoms with van der Waals surface area (Å²) in [5.74, 6) is 3.64. The van der Waals surface area contributed by atoms with Crippen molar-refractivity contribution in [2.45, 2.75) is 39.7 Å². The maximum Gasteiger partial charge on any atom is 0.123 e. The number of benzene rings is 1. The normalized spacial score (nSPS) is 21.4. The summed E-state index contributed by atoms with van der Waals surface area (Å²) in [7, 11) is 0. The number of furan rings is 1. The standard InChI is InChI=1S/C17H21NO/c1-11-6-12(2)8-14(7-11)18-10-15-4-5-17(19-15)16-9-13(16)3/h4-8,13,16,18H,9-10H2,1-3H3. The minimum atomic E-state index is 0.662. The summed E-state index contributed by atoms with van der Waals surface area (Å²) < 4.78 is 5.90.